The van der Waals surface area contributed by atoms with Gasteiger partial charge in [-0.25, -0.2) is 0 Å². The van der Waals surface area contributed by atoms with Crippen molar-refractivity contribution >= 4 is 43.2 Å². The van der Waals surface area contributed by atoms with Crippen molar-refractivity contribution in [2.45, 2.75) is 0 Å². The van der Waals surface area contributed by atoms with Gasteiger partial charge in [-0.3, -0.25) is 0 Å². The molecule has 4 heteroatoms. The van der Waals surface area contributed by atoms with Crippen LogP contribution in [-0.2, 0) is 0 Å². The zero-order valence-electron chi connectivity index (χ0n) is 5.54. The van der Waals surface area contributed by atoms with E-state index in [1.807, 2.05) is 18.3 Å². The van der Waals surface area contributed by atoms with Crippen molar-refractivity contribution in [1.82, 2.24) is 4.37 Å². The third-order valence-electron chi connectivity index (χ3n) is 1.43. The molecule has 0 aliphatic rings. The van der Waals surface area contributed by atoms with Crippen molar-refractivity contribution in [3.05, 3.63) is 22.8 Å². The van der Waals surface area contributed by atoms with E-state index in [2.05, 4.69) is 20.3 Å². The molecule has 0 fully saturated rings. The molecule has 0 saturated carbocycles. The molecule has 0 spiro atoms. The van der Waals surface area contributed by atoms with Crippen LogP contribution in [0.25, 0.3) is 10.1 Å². The van der Waals surface area contributed by atoms with Gasteiger partial charge in [0.05, 0.1) is 4.70 Å². The largest absolute Gasteiger partial charge is 0.399 e. The summed E-state index contributed by atoms with van der Waals surface area (Å²) in [5.41, 5.74) is 6.40. The first-order chi connectivity index (χ1) is 5.27. The van der Waals surface area contributed by atoms with Gasteiger partial charge in [0, 0.05) is 21.7 Å². The fourth-order valence-corrected chi connectivity index (χ4v) is 2.31. The fraction of sp³-hybridized carbons (Fsp3) is 0. The molecule has 2 N–H and O–H groups in total. The van der Waals surface area contributed by atoms with E-state index in [1.54, 1.807) is 0 Å². The maximum Gasteiger partial charge on any atom is 0.0693 e. The van der Waals surface area contributed by atoms with E-state index in [4.69, 9.17) is 5.73 Å². The number of nitrogens with zero attached hydrogens (tertiary/aromatic N) is 1. The molecule has 11 heavy (non-hydrogen) atoms. The highest BCUT2D eigenvalue weighted by molar-refractivity contribution is 9.10. The smallest absolute Gasteiger partial charge is 0.0693 e. The zero-order valence-corrected chi connectivity index (χ0v) is 7.95. The van der Waals surface area contributed by atoms with Crippen molar-refractivity contribution in [3.63, 3.8) is 0 Å². The summed E-state index contributed by atoms with van der Waals surface area (Å²) in [5, 5.41) is 1.10. The van der Waals surface area contributed by atoms with E-state index >= 15 is 0 Å². The molecule has 56 valence electrons. The molecule has 1 aromatic carbocycles. The quantitative estimate of drug-likeness (QED) is 0.705. The highest BCUT2D eigenvalue weighted by Gasteiger charge is 2.01. The number of fused-ring (bicyclic) bond motifs is 1. The van der Waals surface area contributed by atoms with Gasteiger partial charge in [-0.1, -0.05) is 0 Å². The second-order valence-electron chi connectivity index (χ2n) is 2.25. The minimum Gasteiger partial charge on any atom is -0.399 e. The molecule has 0 aliphatic heterocycles. The summed E-state index contributed by atoms with van der Waals surface area (Å²) >= 11 is 4.89. The average Bonchev–Trinajstić information content (AvgIpc) is 2.34. The molecule has 0 atom stereocenters. The Kier molecular flexibility index (Phi) is 1.58. The summed E-state index contributed by atoms with van der Waals surface area (Å²) in [6, 6.07) is 3.81. The number of aromatic nitrogens is 1. The van der Waals surface area contributed by atoms with Crippen molar-refractivity contribution in [3.8, 4) is 0 Å². The Hall–Kier alpha value is -0.610. The normalized spacial score (nSPS) is 10.6. The fourth-order valence-electron chi connectivity index (χ4n) is 0.965. The average molecular weight is 229 g/mol. The number of benzene rings is 1. The Labute approximate surface area is 76.3 Å². The number of halogens is 1. The van der Waals surface area contributed by atoms with E-state index in [0.29, 0.717) is 0 Å². The summed E-state index contributed by atoms with van der Waals surface area (Å²) in [4.78, 5) is 0. The second-order valence-corrected chi connectivity index (χ2v) is 3.90. The summed E-state index contributed by atoms with van der Waals surface area (Å²) in [6.45, 7) is 0. The van der Waals surface area contributed by atoms with Crippen LogP contribution in [-0.4, -0.2) is 4.37 Å². The van der Waals surface area contributed by atoms with Crippen LogP contribution < -0.4 is 5.73 Å². The van der Waals surface area contributed by atoms with Crippen LogP contribution in [0.2, 0.25) is 0 Å². The Morgan fingerprint density at radius 2 is 2.27 bits per heavy atom. The molecule has 0 bridgehead atoms. The zero-order chi connectivity index (χ0) is 7.84. The summed E-state index contributed by atoms with van der Waals surface area (Å²) in [7, 11) is 0. The van der Waals surface area contributed by atoms with Crippen LogP contribution in [0.5, 0.6) is 0 Å². The number of anilines is 1. The number of hydrogen-bond acceptors (Lipinski definition) is 3. The molecule has 0 aliphatic carbocycles. The number of rotatable bonds is 0. The van der Waals surface area contributed by atoms with Gasteiger partial charge in [-0.15, -0.1) is 0 Å². The maximum absolute atomic E-state index is 5.63. The molecule has 0 radical (unpaired) electrons. The van der Waals surface area contributed by atoms with Crippen molar-refractivity contribution in [2.75, 3.05) is 5.73 Å². The number of nitrogen functional groups attached to an aromatic ring is 1. The van der Waals surface area contributed by atoms with Crippen LogP contribution in [0.4, 0.5) is 5.69 Å². The SMILES string of the molecule is Nc1cc(Br)c2sncc2c1. The third-order valence-corrected chi connectivity index (χ3v) is 3.17. The van der Waals surface area contributed by atoms with E-state index in [9.17, 15) is 0 Å². The van der Waals surface area contributed by atoms with Crippen LogP contribution >= 0.6 is 27.5 Å². The lowest BCUT2D eigenvalue weighted by molar-refractivity contribution is 1.60. The third kappa shape index (κ3) is 1.12. The molecule has 2 nitrogen and oxygen atoms in total. The molecular weight excluding hydrogens is 224 g/mol. The van der Waals surface area contributed by atoms with Crippen LogP contribution in [0.1, 0.15) is 0 Å². The van der Waals surface area contributed by atoms with Crippen molar-refractivity contribution < 1.29 is 0 Å². The van der Waals surface area contributed by atoms with E-state index in [-0.39, 0.29) is 0 Å². The Bertz CT molecular complexity index is 396. The lowest BCUT2D eigenvalue weighted by atomic mass is 10.2. The Morgan fingerprint density at radius 1 is 1.45 bits per heavy atom. The van der Waals surface area contributed by atoms with Gasteiger partial charge >= 0.3 is 0 Å². The first-order valence-corrected chi connectivity index (χ1v) is 4.63. The van der Waals surface area contributed by atoms with E-state index in [0.717, 1.165) is 20.2 Å². The van der Waals surface area contributed by atoms with Crippen molar-refractivity contribution in [2.24, 2.45) is 0 Å². The first kappa shape index (κ1) is 7.06. The molecule has 0 unspecified atom stereocenters. The number of nitrogens with two attached hydrogens (primary N) is 1. The molecule has 2 aromatic rings. The molecule has 1 aromatic heterocycles. The lowest BCUT2D eigenvalue weighted by Gasteiger charge is -1.94. The topological polar surface area (TPSA) is 38.9 Å². The van der Waals surface area contributed by atoms with Gasteiger partial charge in [0.2, 0.25) is 0 Å². The van der Waals surface area contributed by atoms with Gasteiger partial charge in [-0.2, -0.15) is 4.37 Å². The molecular formula is C7H5BrN2S. The molecule has 0 amide bonds. The van der Waals surface area contributed by atoms with Gasteiger partial charge in [0.1, 0.15) is 0 Å². The Balaban J connectivity index is 2.91. The van der Waals surface area contributed by atoms with Crippen LogP contribution in [0.3, 0.4) is 0 Å². The van der Waals surface area contributed by atoms with Gasteiger partial charge in [-0.05, 0) is 39.6 Å². The monoisotopic (exact) mass is 228 g/mol. The van der Waals surface area contributed by atoms with Crippen LogP contribution in [0, 0.1) is 0 Å². The summed E-state index contributed by atoms with van der Waals surface area (Å²) < 4.78 is 6.23. The summed E-state index contributed by atoms with van der Waals surface area (Å²) in [6.07, 6.45) is 1.82. The van der Waals surface area contributed by atoms with E-state index < -0.39 is 0 Å². The molecule has 0 saturated heterocycles. The second kappa shape index (κ2) is 2.46. The first-order valence-electron chi connectivity index (χ1n) is 3.07. The van der Waals surface area contributed by atoms with E-state index in [1.165, 1.54) is 11.5 Å². The summed E-state index contributed by atoms with van der Waals surface area (Å²) in [5.74, 6) is 0. The minimum absolute atomic E-state index is 0.768. The van der Waals surface area contributed by atoms with Gasteiger partial charge in [0.25, 0.3) is 0 Å². The molecule has 1 heterocycles. The molecule has 2 rings (SSSR count). The van der Waals surface area contributed by atoms with Crippen LogP contribution in [0.15, 0.2) is 22.8 Å². The van der Waals surface area contributed by atoms with Gasteiger partial charge in [0.15, 0.2) is 0 Å². The predicted octanol–water partition coefficient (Wildman–Crippen LogP) is 2.64. The lowest BCUT2D eigenvalue weighted by Crippen LogP contribution is -1.82. The minimum atomic E-state index is 0.768. The standard InChI is InChI=1S/C7H5BrN2S/c8-6-2-5(9)1-4-3-10-11-7(4)6/h1-3H,9H2. The highest BCUT2D eigenvalue weighted by Crippen LogP contribution is 2.29. The highest BCUT2D eigenvalue weighted by atomic mass is 79.9. The predicted molar refractivity (Wildman–Crippen MR) is 51.7 cm³/mol. The number of hydrogen-bond donors (Lipinski definition) is 1. The van der Waals surface area contributed by atoms with Gasteiger partial charge < -0.3 is 5.73 Å². The maximum atomic E-state index is 5.63. The van der Waals surface area contributed by atoms with Crippen molar-refractivity contribution in [1.29, 1.82) is 0 Å². The Morgan fingerprint density at radius 3 is 3.09 bits per heavy atom.